The summed E-state index contributed by atoms with van der Waals surface area (Å²) in [4.78, 5) is 21.2. The Balaban J connectivity index is 1.86. The molecule has 0 amide bonds. The molecule has 0 radical (unpaired) electrons. The van der Waals surface area contributed by atoms with E-state index in [2.05, 4.69) is 0 Å². The minimum absolute atomic E-state index is 0.147. The van der Waals surface area contributed by atoms with Crippen LogP contribution in [0.4, 0.5) is 5.88 Å². The summed E-state index contributed by atoms with van der Waals surface area (Å²) in [6.45, 7) is -0.147. The Hall–Kier alpha value is -2.89. The first-order valence-electron chi connectivity index (χ1n) is 5.78. The minimum atomic E-state index is -0.652. The largest absolute Gasteiger partial charge is 0.454 e. The van der Waals surface area contributed by atoms with Crippen LogP contribution in [-0.2, 0) is 16.1 Å². The van der Waals surface area contributed by atoms with E-state index in [0.29, 0.717) is 0 Å². The number of rotatable bonds is 5. The van der Waals surface area contributed by atoms with Crippen molar-refractivity contribution in [3.05, 3.63) is 70.0 Å². The fourth-order valence-electron chi connectivity index (χ4n) is 1.46. The van der Waals surface area contributed by atoms with E-state index >= 15 is 0 Å². The number of ether oxygens (including phenoxy) is 1. The second kappa shape index (κ2) is 6.33. The predicted octanol–water partition coefficient (Wildman–Crippen LogP) is 2.94. The van der Waals surface area contributed by atoms with Gasteiger partial charge in [-0.3, -0.25) is 10.1 Å². The highest BCUT2D eigenvalue weighted by molar-refractivity contribution is 5.86. The first-order valence-corrected chi connectivity index (χ1v) is 5.78. The van der Waals surface area contributed by atoms with Gasteiger partial charge in [-0.15, -0.1) is 0 Å². The van der Waals surface area contributed by atoms with E-state index in [9.17, 15) is 14.9 Å². The van der Waals surface area contributed by atoms with Crippen molar-refractivity contribution in [2.45, 2.75) is 6.61 Å². The molecule has 102 valence electrons. The summed E-state index contributed by atoms with van der Waals surface area (Å²) in [6, 6.07) is 11.9. The zero-order chi connectivity index (χ0) is 14.4. The molecule has 0 atom stereocenters. The van der Waals surface area contributed by atoms with Crippen molar-refractivity contribution in [1.82, 2.24) is 0 Å². The molecule has 0 spiro atoms. The zero-order valence-corrected chi connectivity index (χ0v) is 10.4. The molecule has 2 rings (SSSR count). The summed E-state index contributed by atoms with van der Waals surface area (Å²) in [5.74, 6) is -0.707. The summed E-state index contributed by atoms with van der Waals surface area (Å²) < 4.78 is 9.76. The van der Waals surface area contributed by atoms with Crippen molar-refractivity contribution in [3.63, 3.8) is 0 Å². The third kappa shape index (κ3) is 3.81. The molecule has 20 heavy (non-hydrogen) atoms. The first kappa shape index (κ1) is 13.5. The summed E-state index contributed by atoms with van der Waals surface area (Å²) in [5, 5.41) is 10.4. The molecule has 0 aliphatic carbocycles. The highest BCUT2D eigenvalue weighted by Crippen LogP contribution is 2.16. The van der Waals surface area contributed by atoms with Gasteiger partial charge in [-0.05, 0) is 17.7 Å². The molecule has 0 aliphatic rings. The molecule has 1 heterocycles. The van der Waals surface area contributed by atoms with Crippen LogP contribution in [0.5, 0.6) is 0 Å². The number of esters is 1. The van der Waals surface area contributed by atoms with Gasteiger partial charge in [-0.1, -0.05) is 30.3 Å². The van der Waals surface area contributed by atoms with Gasteiger partial charge in [0, 0.05) is 6.08 Å². The third-order valence-corrected chi connectivity index (χ3v) is 2.40. The van der Waals surface area contributed by atoms with E-state index in [0.717, 1.165) is 5.56 Å². The molecule has 6 nitrogen and oxygen atoms in total. The first-order chi connectivity index (χ1) is 9.65. The van der Waals surface area contributed by atoms with Crippen LogP contribution in [0.25, 0.3) is 6.08 Å². The average Bonchev–Trinajstić information content (AvgIpc) is 2.93. The maximum Gasteiger partial charge on any atom is 0.433 e. The second-order valence-electron chi connectivity index (χ2n) is 3.85. The van der Waals surface area contributed by atoms with E-state index < -0.39 is 10.9 Å². The van der Waals surface area contributed by atoms with Crippen LogP contribution in [-0.4, -0.2) is 10.9 Å². The van der Waals surface area contributed by atoms with Crippen molar-refractivity contribution in [3.8, 4) is 0 Å². The summed E-state index contributed by atoms with van der Waals surface area (Å²) in [6.07, 6.45) is 2.90. The van der Waals surface area contributed by atoms with Gasteiger partial charge in [0.25, 0.3) is 0 Å². The van der Waals surface area contributed by atoms with Gasteiger partial charge in [-0.25, -0.2) is 4.79 Å². The van der Waals surface area contributed by atoms with Gasteiger partial charge in [0.05, 0.1) is 6.07 Å². The molecule has 0 saturated heterocycles. The summed E-state index contributed by atoms with van der Waals surface area (Å²) in [5.41, 5.74) is 0.873. The molecule has 1 aromatic heterocycles. The maximum absolute atomic E-state index is 11.4. The smallest absolute Gasteiger partial charge is 0.433 e. The van der Waals surface area contributed by atoms with Gasteiger partial charge in [0.2, 0.25) is 0 Å². The SMILES string of the molecule is O=C(/C=C/c1ccccc1)OCc1ccc([N+](=O)[O-])o1. The lowest BCUT2D eigenvalue weighted by Gasteiger charge is -1.98. The third-order valence-electron chi connectivity index (χ3n) is 2.40. The van der Waals surface area contributed by atoms with Gasteiger partial charge in [0.15, 0.2) is 0 Å². The molecule has 0 N–H and O–H groups in total. The fraction of sp³-hybridized carbons (Fsp3) is 0.0714. The number of hydrogen-bond donors (Lipinski definition) is 0. The standard InChI is InChI=1S/C14H11NO5/c16-14(9-6-11-4-2-1-3-5-11)19-10-12-7-8-13(20-12)15(17)18/h1-9H,10H2/b9-6+. The molecule has 2 aromatic rings. The Morgan fingerprint density at radius 3 is 2.65 bits per heavy atom. The van der Waals surface area contributed by atoms with E-state index in [1.165, 1.54) is 18.2 Å². The number of benzene rings is 1. The van der Waals surface area contributed by atoms with Crippen molar-refractivity contribution in [2.75, 3.05) is 0 Å². The topological polar surface area (TPSA) is 82.6 Å². The van der Waals surface area contributed by atoms with Crippen molar-refractivity contribution in [2.24, 2.45) is 0 Å². The van der Waals surface area contributed by atoms with Gasteiger partial charge >= 0.3 is 11.9 Å². The molecular formula is C14H11NO5. The number of nitro groups is 1. The fourth-order valence-corrected chi connectivity index (χ4v) is 1.46. The number of carbonyl (C=O) groups is 1. The molecule has 0 aliphatic heterocycles. The number of carbonyl (C=O) groups excluding carboxylic acids is 1. The quantitative estimate of drug-likeness (QED) is 0.362. The van der Waals surface area contributed by atoms with Crippen LogP contribution in [0.2, 0.25) is 0 Å². The van der Waals surface area contributed by atoms with E-state index in [-0.39, 0.29) is 18.3 Å². The Kier molecular flexibility index (Phi) is 4.28. The number of hydrogen-bond acceptors (Lipinski definition) is 5. The molecule has 0 saturated carbocycles. The Morgan fingerprint density at radius 1 is 1.25 bits per heavy atom. The Morgan fingerprint density at radius 2 is 2.00 bits per heavy atom. The normalized spacial score (nSPS) is 10.6. The molecule has 1 aromatic carbocycles. The van der Waals surface area contributed by atoms with Crippen LogP contribution >= 0.6 is 0 Å². The Bertz CT molecular complexity index is 630. The van der Waals surface area contributed by atoms with E-state index in [1.807, 2.05) is 30.3 Å². The molecule has 0 unspecified atom stereocenters. The van der Waals surface area contributed by atoms with Crippen LogP contribution in [0, 0.1) is 10.1 Å². The number of furan rings is 1. The highest BCUT2D eigenvalue weighted by Gasteiger charge is 2.12. The molecule has 6 heteroatoms. The lowest BCUT2D eigenvalue weighted by Crippen LogP contribution is -1.99. The van der Waals surface area contributed by atoms with Gasteiger partial charge in [-0.2, -0.15) is 0 Å². The van der Waals surface area contributed by atoms with Crippen LogP contribution in [0.3, 0.4) is 0 Å². The molecule has 0 fully saturated rings. The van der Waals surface area contributed by atoms with E-state index in [1.54, 1.807) is 6.08 Å². The second-order valence-corrected chi connectivity index (χ2v) is 3.85. The predicted molar refractivity (Wildman–Crippen MR) is 70.6 cm³/mol. The maximum atomic E-state index is 11.4. The van der Waals surface area contributed by atoms with Crippen molar-refractivity contribution < 1.29 is 18.9 Å². The van der Waals surface area contributed by atoms with Gasteiger partial charge in [0.1, 0.15) is 17.3 Å². The Labute approximate surface area is 114 Å². The lowest BCUT2D eigenvalue weighted by molar-refractivity contribution is -0.402. The van der Waals surface area contributed by atoms with Crippen molar-refractivity contribution in [1.29, 1.82) is 0 Å². The van der Waals surface area contributed by atoms with E-state index in [4.69, 9.17) is 9.15 Å². The summed E-state index contributed by atoms with van der Waals surface area (Å²) >= 11 is 0. The highest BCUT2D eigenvalue weighted by atomic mass is 16.6. The molecular weight excluding hydrogens is 262 g/mol. The zero-order valence-electron chi connectivity index (χ0n) is 10.4. The van der Waals surface area contributed by atoms with Crippen molar-refractivity contribution >= 4 is 17.9 Å². The number of nitrogens with zero attached hydrogens (tertiary/aromatic N) is 1. The van der Waals surface area contributed by atoms with Crippen LogP contribution in [0.15, 0.2) is 53.0 Å². The monoisotopic (exact) mass is 273 g/mol. The van der Waals surface area contributed by atoms with Crippen LogP contribution in [0.1, 0.15) is 11.3 Å². The average molecular weight is 273 g/mol. The summed E-state index contributed by atoms with van der Waals surface area (Å²) in [7, 11) is 0. The molecule has 0 bridgehead atoms. The van der Waals surface area contributed by atoms with Gasteiger partial charge < -0.3 is 9.15 Å². The minimum Gasteiger partial charge on any atom is -0.454 e. The lowest BCUT2D eigenvalue weighted by atomic mass is 10.2. The van der Waals surface area contributed by atoms with Crippen LogP contribution < -0.4 is 0 Å².